The van der Waals surface area contributed by atoms with Crippen LogP contribution in [0.3, 0.4) is 0 Å². The third-order valence-corrected chi connectivity index (χ3v) is 5.54. The van der Waals surface area contributed by atoms with Gasteiger partial charge in [0.2, 0.25) is 11.8 Å². The average Bonchev–Trinajstić information content (AvgIpc) is 3.27. The fourth-order valence-corrected chi connectivity index (χ4v) is 3.41. The lowest BCUT2D eigenvalue weighted by atomic mass is 10.0. The summed E-state index contributed by atoms with van der Waals surface area (Å²) in [6.07, 6.45) is 3.20. The van der Waals surface area contributed by atoms with Gasteiger partial charge in [-0.2, -0.15) is 5.10 Å². The van der Waals surface area contributed by atoms with Gasteiger partial charge in [-0.15, -0.1) is 0 Å². The number of aryl methyl sites for hydroxylation is 1. The van der Waals surface area contributed by atoms with E-state index in [-0.39, 0.29) is 43.1 Å². The van der Waals surface area contributed by atoms with E-state index in [4.69, 9.17) is 9.47 Å². The first-order valence-electron chi connectivity index (χ1n) is 11.9. The molecule has 0 aliphatic heterocycles. The summed E-state index contributed by atoms with van der Waals surface area (Å²) < 4.78 is 26.3. The molecule has 0 unspecified atom stereocenters. The Bertz CT molecular complexity index is 1160. The molecule has 1 aromatic heterocycles. The van der Waals surface area contributed by atoms with Crippen LogP contribution in [0, 0.1) is 12.7 Å². The van der Waals surface area contributed by atoms with E-state index in [0.717, 1.165) is 16.9 Å². The minimum absolute atomic E-state index is 0.0442. The van der Waals surface area contributed by atoms with Crippen molar-refractivity contribution in [1.82, 2.24) is 14.7 Å². The molecule has 3 aromatic rings. The summed E-state index contributed by atoms with van der Waals surface area (Å²) in [6.45, 7) is 6.92. The molecule has 0 saturated heterocycles. The SMILES string of the molecule is Cc1ccc(OCCN(C)C(=O)Cn2cc(NC(=O)CCOc3ccc(F)cc3C(C)C)cn2)cc1. The molecule has 2 amide bonds. The Kier molecular flexibility index (Phi) is 9.44. The second-order valence-electron chi connectivity index (χ2n) is 8.89. The van der Waals surface area contributed by atoms with Gasteiger partial charge in [0.15, 0.2) is 0 Å². The summed E-state index contributed by atoms with van der Waals surface area (Å²) in [6, 6.07) is 12.1. The molecule has 0 atom stereocenters. The molecule has 1 N–H and O–H groups in total. The number of rotatable bonds is 12. The van der Waals surface area contributed by atoms with Gasteiger partial charge in [-0.05, 0) is 48.7 Å². The zero-order valence-electron chi connectivity index (χ0n) is 21.2. The molecule has 0 fully saturated rings. The van der Waals surface area contributed by atoms with Crippen molar-refractivity contribution in [2.24, 2.45) is 0 Å². The topological polar surface area (TPSA) is 85.7 Å². The van der Waals surface area contributed by atoms with Crippen molar-refractivity contribution in [3.8, 4) is 11.5 Å². The number of nitrogens with one attached hydrogen (secondary N) is 1. The number of carbonyl (C=O) groups is 2. The number of hydrogen-bond donors (Lipinski definition) is 1. The van der Waals surface area contributed by atoms with E-state index in [1.165, 1.54) is 23.0 Å². The van der Waals surface area contributed by atoms with Crippen LogP contribution in [0.15, 0.2) is 54.9 Å². The van der Waals surface area contributed by atoms with Gasteiger partial charge in [0.05, 0.1) is 31.5 Å². The predicted molar refractivity (Wildman–Crippen MR) is 136 cm³/mol. The fourth-order valence-electron chi connectivity index (χ4n) is 3.41. The number of anilines is 1. The Balaban J connectivity index is 1.39. The Morgan fingerprint density at radius 2 is 1.86 bits per heavy atom. The van der Waals surface area contributed by atoms with Crippen molar-refractivity contribution < 1.29 is 23.5 Å². The highest BCUT2D eigenvalue weighted by Gasteiger charge is 2.13. The summed E-state index contributed by atoms with van der Waals surface area (Å²) >= 11 is 0. The predicted octanol–water partition coefficient (Wildman–Crippen LogP) is 4.40. The molecule has 0 radical (unpaired) electrons. The van der Waals surface area contributed by atoms with Crippen LogP contribution >= 0.6 is 0 Å². The molecule has 0 bridgehead atoms. The molecule has 0 saturated carbocycles. The summed E-state index contributed by atoms with van der Waals surface area (Å²) in [4.78, 5) is 26.4. The standard InChI is InChI=1S/C27H33FN4O4/c1-19(2)24-15-21(28)7-10-25(24)36-13-11-26(33)30-22-16-29-32(17-22)18-27(34)31(4)12-14-35-23-8-5-20(3)6-9-23/h5-10,15-17,19H,11-14,18H2,1-4H3,(H,30,33). The van der Waals surface area contributed by atoms with E-state index in [9.17, 15) is 14.0 Å². The number of hydrogen-bond acceptors (Lipinski definition) is 5. The number of likely N-dealkylation sites (N-methyl/N-ethyl adjacent to an activating group) is 1. The maximum absolute atomic E-state index is 13.5. The molecular weight excluding hydrogens is 463 g/mol. The third kappa shape index (κ3) is 8.11. The second kappa shape index (κ2) is 12.7. The molecule has 3 rings (SSSR count). The lowest BCUT2D eigenvalue weighted by Gasteiger charge is -2.17. The maximum Gasteiger partial charge on any atom is 0.244 e. The van der Waals surface area contributed by atoms with Crippen molar-refractivity contribution in [2.75, 3.05) is 32.1 Å². The lowest BCUT2D eigenvalue weighted by molar-refractivity contribution is -0.131. The number of halogens is 1. The van der Waals surface area contributed by atoms with E-state index in [1.807, 2.05) is 45.0 Å². The van der Waals surface area contributed by atoms with E-state index in [0.29, 0.717) is 24.6 Å². The van der Waals surface area contributed by atoms with Crippen LogP contribution in [-0.2, 0) is 16.1 Å². The van der Waals surface area contributed by atoms with E-state index < -0.39 is 0 Å². The van der Waals surface area contributed by atoms with Crippen LogP contribution in [0.4, 0.5) is 10.1 Å². The maximum atomic E-state index is 13.5. The number of nitrogens with zero attached hydrogens (tertiary/aromatic N) is 3. The number of benzene rings is 2. The number of amides is 2. The van der Waals surface area contributed by atoms with Gasteiger partial charge >= 0.3 is 0 Å². The fraction of sp³-hybridized carbons (Fsp3) is 0.370. The summed E-state index contributed by atoms with van der Waals surface area (Å²) in [5.41, 5.74) is 2.40. The molecule has 8 nitrogen and oxygen atoms in total. The van der Waals surface area contributed by atoms with Gasteiger partial charge in [0, 0.05) is 13.2 Å². The van der Waals surface area contributed by atoms with Crippen molar-refractivity contribution in [3.63, 3.8) is 0 Å². The highest BCUT2D eigenvalue weighted by molar-refractivity contribution is 5.90. The number of ether oxygens (including phenoxy) is 2. The van der Waals surface area contributed by atoms with Crippen LogP contribution in [0.1, 0.15) is 37.3 Å². The Morgan fingerprint density at radius 3 is 2.58 bits per heavy atom. The minimum Gasteiger partial charge on any atom is -0.493 e. The van der Waals surface area contributed by atoms with E-state index in [2.05, 4.69) is 10.4 Å². The van der Waals surface area contributed by atoms with Gasteiger partial charge in [-0.25, -0.2) is 4.39 Å². The monoisotopic (exact) mass is 496 g/mol. The number of aromatic nitrogens is 2. The average molecular weight is 497 g/mol. The summed E-state index contributed by atoms with van der Waals surface area (Å²) in [5.74, 6) is 0.728. The molecule has 192 valence electrons. The summed E-state index contributed by atoms with van der Waals surface area (Å²) in [7, 11) is 1.71. The Hall–Kier alpha value is -3.88. The van der Waals surface area contributed by atoms with E-state index in [1.54, 1.807) is 24.2 Å². The van der Waals surface area contributed by atoms with Crippen LogP contribution in [0.25, 0.3) is 0 Å². The van der Waals surface area contributed by atoms with Gasteiger partial charge in [0.1, 0.15) is 30.5 Å². The first-order chi connectivity index (χ1) is 17.2. The zero-order valence-corrected chi connectivity index (χ0v) is 21.2. The molecule has 9 heteroatoms. The van der Waals surface area contributed by atoms with Crippen molar-refractivity contribution in [1.29, 1.82) is 0 Å². The van der Waals surface area contributed by atoms with Crippen molar-refractivity contribution in [3.05, 3.63) is 71.8 Å². The number of carbonyl (C=O) groups excluding carboxylic acids is 2. The molecule has 2 aromatic carbocycles. The Labute approximate surface area is 211 Å². The highest BCUT2D eigenvalue weighted by Crippen LogP contribution is 2.27. The third-order valence-electron chi connectivity index (χ3n) is 5.54. The first-order valence-corrected chi connectivity index (χ1v) is 11.9. The minimum atomic E-state index is -0.318. The van der Waals surface area contributed by atoms with Gasteiger partial charge in [-0.3, -0.25) is 14.3 Å². The quantitative estimate of drug-likeness (QED) is 0.402. The lowest BCUT2D eigenvalue weighted by Crippen LogP contribution is -2.33. The first kappa shape index (κ1) is 26.7. The second-order valence-corrected chi connectivity index (χ2v) is 8.89. The van der Waals surface area contributed by atoms with Crippen LogP contribution in [0.5, 0.6) is 11.5 Å². The van der Waals surface area contributed by atoms with Gasteiger partial charge in [0.25, 0.3) is 0 Å². The van der Waals surface area contributed by atoms with Gasteiger partial charge < -0.3 is 19.7 Å². The molecule has 0 aliphatic rings. The highest BCUT2D eigenvalue weighted by atomic mass is 19.1. The van der Waals surface area contributed by atoms with Crippen LogP contribution in [0.2, 0.25) is 0 Å². The normalized spacial score (nSPS) is 10.8. The summed E-state index contributed by atoms with van der Waals surface area (Å²) in [5, 5.41) is 6.90. The van der Waals surface area contributed by atoms with Crippen molar-refractivity contribution >= 4 is 17.5 Å². The van der Waals surface area contributed by atoms with Crippen LogP contribution in [-0.4, -0.2) is 53.3 Å². The molecule has 0 spiro atoms. The van der Waals surface area contributed by atoms with Crippen molar-refractivity contribution in [2.45, 2.75) is 39.7 Å². The Morgan fingerprint density at radius 1 is 1.11 bits per heavy atom. The molecule has 1 heterocycles. The zero-order chi connectivity index (χ0) is 26.1. The van der Waals surface area contributed by atoms with Crippen LogP contribution < -0.4 is 14.8 Å². The smallest absolute Gasteiger partial charge is 0.244 e. The molecular formula is C27H33FN4O4. The van der Waals surface area contributed by atoms with E-state index >= 15 is 0 Å². The largest absolute Gasteiger partial charge is 0.493 e. The van der Waals surface area contributed by atoms with Gasteiger partial charge in [-0.1, -0.05) is 31.5 Å². The molecule has 0 aliphatic carbocycles. The molecule has 36 heavy (non-hydrogen) atoms.